The number of carbonyl (C=O) groups is 1. The lowest BCUT2D eigenvalue weighted by Crippen LogP contribution is -2.30. The Kier molecular flexibility index (Phi) is 3.36. The third-order valence-corrected chi connectivity index (χ3v) is 3.48. The van der Waals surface area contributed by atoms with Gasteiger partial charge in [0.15, 0.2) is 0 Å². The van der Waals surface area contributed by atoms with Crippen molar-refractivity contribution in [2.75, 3.05) is 6.61 Å². The molecule has 0 saturated carbocycles. The molecule has 1 unspecified atom stereocenters. The van der Waals surface area contributed by atoms with Crippen LogP contribution in [0.4, 0.5) is 4.39 Å². The molecule has 20 heavy (non-hydrogen) atoms. The highest BCUT2D eigenvalue weighted by Crippen LogP contribution is 2.31. The van der Waals surface area contributed by atoms with Crippen molar-refractivity contribution in [3.63, 3.8) is 0 Å². The number of ether oxygens (including phenoxy) is 1. The molecule has 1 atom stereocenters. The van der Waals surface area contributed by atoms with Crippen LogP contribution in [0.3, 0.4) is 0 Å². The molecule has 0 aliphatic carbocycles. The van der Waals surface area contributed by atoms with Gasteiger partial charge < -0.3 is 10.1 Å². The lowest BCUT2D eigenvalue weighted by molar-refractivity contribution is 0.0926. The number of benzene rings is 2. The normalized spacial score (nSPS) is 16.4. The minimum absolute atomic E-state index is 0.0121. The predicted octanol–water partition coefficient (Wildman–Crippen LogP) is 2.98. The molecular formula is C15H12FNO2S. The van der Waals surface area contributed by atoms with Gasteiger partial charge in [-0.2, -0.15) is 0 Å². The molecule has 1 N–H and O–H groups in total. The Morgan fingerprint density at radius 3 is 2.95 bits per heavy atom. The lowest BCUT2D eigenvalue weighted by atomic mass is 10.1. The Morgan fingerprint density at radius 2 is 2.10 bits per heavy atom. The summed E-state index contributed by atoms with van der Waals surface area (Å²) in [5, 5.41) is 2.78. The van der Waals surface area contributed by atoms with Crippen LogP contribution in [0, 0.1) is 5.82 Å². The third kappa shape index (κ3) is 2.36. The van der Waals surface area contributed by atoms with Gasteiger partial charge in [-0.05, 0) is 24.3 Å². The van der Waals surface area contributed by atoms with Crippen LogP contribution in [0.25, 0.3) is 0 Å². The van der Waals surface area contributed by atoms with E-state index in [2.05, 4.69) is 17.9 Å². The van der Waals surface area contributed by atoms with E-state index in [1.54, 1.807) is 0 Å². The van der Waals surface area contributed by atoms with Gasteiger partial charge in [-0.15, -0.1) is 12.6 Å². The monoisotopic (exact) mass is 289 g/mol. The summed E-state index contributed by atoms with van der Waals surface area (Å²) in [6.45, 7) is 0.354. The SMILES string of the molecule is O=C(NC1COc2ccccc21)c1cc(S)ccc1F. The zero-order valence-corrected chi connectivity index (χ0v) is 11.4. The predicted molar refractivity (Wildman–Crippen MR) is 75.8 cm³/mol. The fourth-order valence-electron chi connectivity index (χ4n) is 2.21. The highest BCUT2D eigenvalue weighted by Gasteiger charge is 2.26. The van der Waals surface area contributed by atoms with Gasteiger partial charge in [-0.25, -0.2) is 4.39 Å². The molecule has 5 heteroatoms. The van der Waals surface area contributed by atoms with E-state index >= 15 is 0 Å². The van der Waals surface area contributed by atoms with Crippen LogP contribution in [0.5, 0.6) is 5.75 Å². The minimum atomic E-state index is -0.562. The topological polar surface area (TPSA) is 38.3 Å². The van der Waals surface area contributed by atoms with Gasteiger partial charge in [-0.1, -0.05) is 18.2 Å². The molecular weight excluding hydrogens is 277 g/mol. The van der Waals surface area contributed by atoms with Gasteiger partial charge in [0.05, 0.1) is 11.6 Å². The molecule has 102 valence electrons. The number of carbonyl (C=O) groups excluding carboxylic acids is 1. The second-order valence-corrected chi connectivity index (χ2v) is 5.06. The number of hydrogen-bond acceptors (Lipinski definition) is 3. The van der Waals surface area contributed by atoms with Gasteiger partial charge in [0.1, 0.15) is 18.2 Å². The first kappa shape index (κ1) is 13.0. The molecule has 0 radical (unpaired) electrons. The van der Waals surface area contributed by atoms with Crippen LogP contribution in [0.1, 0.15) is 22.0 Å². The first-order chi connectivity index (χ1) is 9.65. The van der Waals surface area contributed by atoms with Crippen LogP contribution < -0.4 is 10.1 Å². The summed E-state index contributed by atoms with van der Waals surface area (Å²) in [4.78, 5) is 12.7. The van der Waals surface area contributed by atoms with Crippen LogP contribution in [0.15, 0.2) is 47.4 Å². The first-order valence-corrected chi connectivity index (χ1v) is 6.61. The Labute approximate surface area is 121 Å². The zero-order valence-electron chi connectivity index (χ0n) is 10.5. The maximum atomic E-state index is 13.7. The van der Waals surface area contributed by atoms with E-state index in [4.69, 9.17) is 4.74 Å². The smallest absolute Gasteiger partial charge is 0.254 e. The number of thiol groups is 1. The van der Waals surface area contributed by atoms with E-state index < -0.39 is 11.7 Å². The average Bonchev–Trinajstić information content (AvgIpc) is 2.85. The van der Waals surface area contributed by atoms with Crippen molar-refractivity contribution >= 4 is 18.5 Å². The highest BCUT2D eigenvalue weighted by atomic mass is 32.1. The number of nitrogens with one attached hydrogen (secondary N) is 1. The van der Waals surface area contributed by atoms with Gasteiger partial charge in [0.2, 0.25) is 0 Å². The summed E-state index contributed by atoms with van der Waals surface area (Å²) in [5.74, 6) is -0.280. The van der Waals surface area contributed by atoms with Gasteiger partial charge in [0, 0.05) is 10.5 Å². The Bertz CT molecular complexity index is 675. The van der Waals surface area contributed by atoms with Crippen LogP contribution in [-0.2, 0) is 0 Å². The number of amides is 1. The van der Waals surface area contributed by atoms with E-state index in [0.29, 0.717) is 11.5 Å². The molecule has 0 spiro atoms. The average molecular weight is 289 g/mol. The first-order valence-electron chi connectivity index (χ1n) is 6.16. The Balaban J connectivity index is 1.82. The highest BCUT2D eigenvalue weighted by molar-refractivity contribution is 7.80. The number of hydrogen-bond donors (Lipinski definition) is 2. The summed E-state index contributed by atoms with van der Waals surface area (Å²) >= 11 is 4.12. The van der Waals surface area contributed by atoms with Crippen LogP contribution >= 0.6 is 12.6 Å². The van der Waals surface area contributed by atoms with Crippen molar-refractivity contribution in [3.8, 4) is 5.75 Å². The van der Waals surface area contributed by atoms with Crippen molar-refractivity contribution in [1.82, 2.24) is 5.32 Å². The molecule has 1 aliphatic rings. The van der Waals surface area contributed by atoms with Crippen LogP contribution in [-0.4, -0.2) is 12.5 Å². The van der Waals surface area contributed by atoms with Gasteiger partial charge >= 0.3 is 0 Å². The van der Waals surface area contributed by atoms with E-state index in [1.807, 2.05) is 24.3 Å². The van der Waals surface area contributed by atoms with Gasteiger partial charge in [-0.3, -0.25) is 4.79 Å². The maximum Gasteiger partial charge on any atom is 0.254 e. The third-order valence-electron chi connectivity index (χ3n) is 3.20. The number of rotatable bonds is 2. The largest absolute Gasteiger partial charge is 0.491 e. The van der Waals surface area contributed by atoms with E-state index in [1.165, 1.54) is 18.2 Å². The van der Waals surface area contributed by atoms with Crippen molar-refractivity contribution in [2.45, 2.75) is 10.9 Å². The standard InChI is InChI=1S/C15H12FNO2S/c16-12-6-5-9(20)7-11(12)15(18)17-13-8-19-14-4-2-1-3-10(13)14/h1-7,13,20H,8H2,(H,17,18). The van der Waals surface area contributed by atoms with E-state index in [9.17, 15) is 9.18 Å². The molecule has 2 aromatic carbocycles. The molecule has 3 rings (SSSR count). The number of halogens is 1. The molecule has 0 fully saturated rings. The molecule has 1 heterocycles. The molecule has 0 saturated heterocycles. The minimum Gasteiger partial charge on any atom is -0.491 e. The summed E-state index contributed by atoms with van der Waals surface area (Å²) in [6.07, 6.45) is 0. The molecule has 2 aromatic rings. The van der Waals surface area contributed by atoms with Crippen molar-refractivity contribution in [3.05, 3.63) is 59.4 Å². The summed E-state index contributed by atoms with van der Waals surface area (Å²) in [5.41, 5.74) is 0.894. The zero-order chi connectivity index (χ0) is 14.1. The van der Waals surface area contributed by atoms with Crippen molar-refractivity contribution in [2.24, 2.45) is 0 Å². The fraction of sp³-hybridized carbons (Fsp3) is 0.133. The molecule has 3 nitrogen and oxygen atoms in total. The van der Waals surface area contributed by atoms with Crippen molar-refractivity contribution < 1.29 is 13.9 Å². The number of fused-ring (bicyclic) bond motifs is 1. The Morgan fingerprint density at radius 1 is 1.30 bits per heavy atom. The second kappa shape index (κ2) is 5.17. The molecule has 1 aliphatic heterocycles. The molecule has 0 bridgehead atoms. The van der Waals surface area contributed by atoms with E-state index in [-0.39, 0.29) is 11.6 Å². The van der Waals surface area contributed by atoms with Gasteiger partial charge in [0.25, 0.3) is 5.91 Å². The maximum absolute atomic E-state index is 13.7. The molecule has 1 amide bonds. The van der Waals surface area contributed by atoms with Crippen LogP contribution in [0.2, 0.25) is 0 Å². The summed E-state index contributed by atoms with van der Waals surface area (Å²) < 4.78 is 19.1. The fourth-order valence-corrected chi connectivity index (χ4v) is 2.41. The summed E-state index contributed by atoms with van der Waals surface area (Å²) in [6, 6.07) is 11.4. The lowest BCUT2D eigenvalue weighted by Gasteiger charge is -2.12. The summed E-state index contributed by atoms with van der Waals surface area (Å²) in [7, 11) is 0. The van der Waals surface area contributed by atoms with Crippen molar-refractivity contribution in [1.29, 1.82) is 0 Å². The molecule has 0 aromatic heterocycles. The number of para-hydroxylation sites is 1. The second-order valence-electron chi connectivity index (χ2n) is 4.54. The van der Waals surface area contributed by atoms with E-state index in [0.717, 1.165) is 11.3 Å². The quantitative estimate of drug-likeness (QED) is 0.834. The Hall–Kier alpha value is -2.01.